The molecule has 6 heteroatoms. The van der Waals surface area contributed by atoms with Gasteiger partial charge in [-0.1, -0.05) is 36.4 Å². The first-order chi connectivity index (χ1) is 16.2. The lowest BCUT2D eigenvalue weighted by atomic mass is 10.1. The van der Waals surface area contributed by atoms with Crippen LogP contribution in [0, 0.1) is 0 Å². The summed E-state index contributed by atoms with van der Waals surface area (Å²) < 4.78 is 10.9. The van der Waals surface area contributed by atoms with E-state index in [0.29, 0.717) is 30.0 Å². The number of rotatable bonds is 6. The van der Waals surface area contributed by atoms with Crippen molar-refractivity contribution in [3.63, 3.8) is 0 Å². The van der Waals surface area contributed by atoms with Crippen LogP contribution < -0.4 is 15.0 Å². The lowest BCUT2D eigenvalue weighted by Gasteiger charge is -2.17. The van der Waals surface area contributed by atoms with Crippen molar-refractivity contribution in [3.05, 3.63) is 114 Å². The highest BCUT2D eigenvalue weighted by Crippen LogP contribution is 2.32. The van der Waals surface area contributed by atoms with Crippen molar-refractivity contribution in [3.8, 4) is 5.75 Å². The molecular formula is C27H22N2O4. The molecule has 0 atom stereocenters. The van der Waals surface area contributed by atoms with E-state index in [9.17, 15) is 9.59 Å². The van der Waals surface area contributed by atoms with Crippen LogP contribution in [0.2, 0.25) is 0 Å². The molecule has 1 N–H and O–H groups in total. The number of carbonyl (C=O) groups excluding carboxylic acids is 2. The first-order valence-corrected chi connectivity index (χ1v) is 10.7. The van der Waals surface area contributed by atoms with Gasteiger partial charge in [0.15, 0.2) is 0 Å². The molecule has 0 fully saturated rings. The fraction of sp³-hybridized carbons (Fsp3) is 0.111. The largest absolute Gasteiger partial charge is 0.489 e. The van der Waals surface area contributed by atoms with Crippen LogP contribution in [0.1, 0.15) is 31.8 Å². The molecule has 0 radical (unpaired) electrons. The second-order valence-corrected chi connectivity index (χ2v) is 7.78. The van der Waals surface area contributed by atoms with Crippen LogP contribution >= 0.6 is 0 Å². The molecule has 164 valence electrons. The number of hydrogen-bond donors (Lipinski definition) is 1. The first kappa shape index (κ1) is 20.6. The Balaban J connectivity index is 1.30. The maximum Gasteiger partial charge on any atom is 0.261 e. The van der Waals surface area contributed by atoms with Crippen molar-refractivity contribution in [1.82, 2.24) is 0 Å². The number of nitrogens with one attached hydrogen (secondary N) is 1. The smallest absolute Gasteiger partial charge is 0.261 e. The van der Waals surface area contributed by atoms with Crippen molar-refractivity contribution < 1.29 is 18.7 Å². The Bertz CT molecular complexity index is 1280. The highest BCUT2D eigenvalue weighted by molar-refractivity contribution is 6.08. The predicted molar refractivity (Wildman–Crippen MR) is 126 cm³/mol. The molecule has 0 saturated carbocycles. The molecular weight excluding hydrogens is 416 g/mol. The summed E-state index contributed by atoms with van der Waals surface area (Å²) in [5.41, 5.74) is 4.45. The van der Waals surface area contributed by atoms with Crippen LogP contribution in [-0.2, 0) is 13.0 Å². The van der Waals surface area contributed by atoms with E-state index in [1.54, 1.807) is 17.0 Å². The summed E-state index contributed by atoms with van der Waals surface area (Å²) in [6.07, 6.45) is 3.67. The second-order valence-electron chi connectivity index (χ2n) is 7.78. The Labute approximate surface area is 191 Å². The van der Waals surface area contributed by atoms with Crippen molar-refractivity contribution in [2.45, 2.75) is 13.0 Å². The molecule has 0 unspecified atom stereocenters. The molecule has 2 amide bonds. The summed E-state index contributed by atoms with van der Waals surface area (Å²) in [6.45, 7) is 0.888. The van der Waals surface area contributed by atoms with Crippen LogP contribution in [0.4, 0.5) is 11.4 Å². The topological polar surface area (TPSA) is 71.8 Å². The molecule has 1 aliphatic rings. The van der Waals surface area contributed by atoms with E-state index >= 15 is 0 Å². The fourth-order valence-electron chi connectivity index (χ4n) is 3.98. The molecule has 5 rings (SSSR count). The van der Waals surface area contributed by atoms with Crippen LogP contribution in [0.5, 0.6) is 5.75 Å². The number of fused-ring (bicyclic) bond motifs is 1. The van der Waals surface area contributed by atoms with Gasteiger partial charge in [0, 0.05) is 29.0 Å². The summed E-state index contributed by atoms with van der Waals surface area (Å²) in [5.74, 6) is 0.457. The minimum Gasteiger partial charge on any atom is -0.489 e. The van der Waals surface area contributed by atoms with Gasteiger partial charge in [0.1, 0.15) is 18.6 Å². The van der Waals surface area contributed by atoms with E-state index in [1.807, 2.05) is 66.7 Å². The zero-order chi connectivity index (χ0) is 22.6. The molecule has 0 saturated heterocycles. The van der Waals surface area contributed by atoms with Gasteiger partial charge in [-0.15, -0.1) is 0 Å². The average molecular weight is 438 g/mol. The van der Waals surface area contributed by atoms with E-state index in [4.69, 9.17) is 9.15 Å². The van der Waals surface area contributed by atoms with Gasteiger partial charge in [-0.25, -0.2) is 0 Å². The summed E-state index contributed by atoms with van der Waals surface area (Å²) in [7, 11) is 0. The predicted octanol–water partition coefficient (Wildman–Crippen LogP) is 5.31. The SMILES string of the molecule is O=C(Nc1ccc2c(c1)CCN2C(=O)c1ccoc1)c1ccccc1COc1ccccc1. The molecule has 2 heterocycles. The minimum absolute atomic E-state index is 0.0911. The molecule has 4 aromatic rings. The normalized spacial score (nSPS) is 12.3. The maximum absolute atomic E-state index is 13.0. The van der Waals surface area contributed by atoms with E-state index in [-0.39, 0.29) is 11.8 Å². The Morgan fingerprint density at radius 2 is 1.79 bits per heavy atom. The van der Waals surface area contributed by atoms with Crippen LogP contribution in [0.3, 0.4) is 0 Å². The number of benzene rings is 3. The van der Waals surface area contributed by atoms with Crippen molar-refractivity contribution >= 4 is 23.2 Å². The second kappa shape index (κ2) is 9.04. The average Bonchev–Trinajstić information content (AvgIpc) is 3.53. The summed E-state index contributed by atoms with van der Waals surface area (Å²) in [5, 5.41) is 2.99. The molecule has 1 aliphatic heterocycles. The van der Waals surface area contributed by atoms with Crippen molar-refractivity contribution in [1.29, 1.82) is 0 Å². The Hall–Kier alpha value is -4.32. The van der Waals surface area contributed by atoms with Gasteiger partial charge in [0.25, 0.3) is 11.8 Å². The molecule has 0 bridgehead atoms. The van der Waals surface area contributed by atoms with E-state index in [1.165, 1.54) is 12.5 Å². The van der Waals surface area contributed by atoms with E-state index < -0.39 is 0 Å². The number of carbonyl (C=O) groups is 2. The monoisotopic (exact) mass is 438 g/mol. The maximum atomic E-state index is 13.0. The number of hydrogen-bond acceptors (Lipinski definition) is 4. The molecule has 0 aliphatic carbocycles. The lowest BCUT2D eigenvalue weighted by Crippen LogP contribution is -2.28. The third kappa shape index (κ3) is 4.36. The number of furan rings is 1. The number of amides is 2. The quantitative estimate of drug-likeness (QED) is 0.443. The van der Waals surface area contributed by atoms with Crippen LogP contribution in [0.25, 0.3) is 0 Å². The molecule has 1 aromatic heterocycles. The molecule has 6 nitrogen and oxygen atoms in total. The minimum atomic E-state index is -0.202. The lowest BCUT2D eigenvalue weighted by molar-refractivity contribution is 0.0986. The van der Waals surface area contributed by atoms with Gasteiger partial charge >= 0.3 is 0 Å². The first-order valence-electron chi connectivity index (χ1n) is 10.7. The van der Waals surface area contributed by atoms with Crippen molar-refractivity contribution in [2.75, 3.05) is 16.8 Å². The number of anilines is 2. The highest BCUT2D eigenvalue weighted by Gasteiger charge is 2.26. The standard InChI is InChI=1S/C27H22N2O4/c30-26(24-9-5-4-6-20(24)18-33-23-7-2-1-3-8-23)28-22-10-11-25-19(16-22)12-14-29(25)27(31)21-13-15-32-17-21/h1-11,13,15-17H,12,14,18H2,(H,28,30). The van der Waals surface area contributed by atoms with Crippen molar-refractivity contribution in [2.24, 2.45) is 0 Å². The Kier molecular flexibility index (Phi) is 5.64. The van der Waals surface area contributed by atoms with E-state index in [2.05, 4.69) is 5.32 Å². The van der Waals surface area contributed by atoms with Crippen LogP contribution in [-0.4, -0.2) is 18.4 Å². The van der Waals surface area contributed by atoms with Gasteiger partial charge in [0.05, 0.1) is 11.8 Å². The highest BCUT2D eigenvalue weighted by atomic mass is 16.5. The van der Waals surface area contributed by atoms with Gasteiger partial charge in [0.2, 0.25) is 0 Å². The molecule has 0 spiro atoms. The van der Waals surface area contributed by atoms with E-state index in [0.717, 1.165) is 29.0 Å². The third-order valence-corrected chi connectivity index (χ3v) is 5.65. The molecule has 33 heavy (non-hydrogen) atoms. The number of nitrogens with zero attached hydrogens (tertiary/aromatic N) is 1. The summed E-state index contributed by atoms with van der Waals surface area (Å²) >= 11 is 0. The number of para-hydroxylation sites is 1. The molecule has 3 aromatic carbocycles. The third-order valence-electron chi connectivity index (χ3n) is 5.65. The Morgan fingerprint density at radius 1 is 0.970 bits per heavy atom. The fourth-order valence-corrected chi connectivity index (χ4v) is 3.98. The van der Waals surface area contributed by atoms with Gasteiger partial charge in [-0.2, -0.15) is 0 Å². The zero-order valence-corrected chi connectivity index (χ0v) is 17.9. The zero-order valence-electron chi connectivity index (χ0n) is 17.9. The van der Waals surface area contributed by atoms with Crippen LogP contribution in [0.15, 0.2) is 95.8 Å². The van der Waals surface area contributed by atoms with Gasteiger partial charge < -0.3 is 19.4 Å². The number of ether oxygens (including phenoxy) is 1. The van der Waals surface area contributed by atoms with Gasteiger partial charge in [-0.3, -0.25) is 9.59 Å². The Morgan fingerprint density at radius 3 is 2.61 bits per heavy atom. The van der Waals surface area contributed by atoms with Gasteiger partial charge in [-0.05, 0) is 54.4 Å². The summed E-state index contributed by atoms with van der Waals surface area (Å²) in [4.78, 5) is 27.5. The summed E-state index contributed by atoms with van der Waals surface area (Å²) in [6, 6.07) is 24.2.